The molecule has 0 N–H and O–H groups in total. The molecule has 0 saturated carbocycles. The first-order valence-corrected chi connectivity index (χ1v) is 5.77. The van der Waals surface area contributed by atoms with E-state index in [1.165, 1.54) is 5.57 Å². The average Bonchev–Trinajstić information content (AvgIpc) is 2.22. The van der Waals surface area contributed by atoms with E-state index in [9.17, 15) is 0 Å². The van der Waals surface area contributed by atoms with Gasteiger partial charge in [-0.1, -0.05) is 50.8 Å². The highest BCUT2D eigenvalue weighted by molar-refractivity contribution is 6.31. The van der Waals surface area contributed by atoms with E-state index in [-0.39, 0.29) is 0 Å². The van der Waals surface area contributed by atoms with E-state index < -0.39 is 0 Å². The number of halogens is 1. The fraction of sp³-hybridized carbons (Fsp3) is 0.429. The molecule has 0 aromatic carbocycles. The molecule has 0 saturated heterocycles. The van der Waals surface area contributed by atoms with E-state index in [1.54, 1.807) is 6.08 Å². The summed E-state index contributed by atoms with van der Waals surface area (Å²) in [5.41, 5.74) is 2.14. The highest BCUT2D eigenvalue weighted by Gasteiger charge is 2.08. The molecule has 0 aromatic rings. The first kappa shape index (κ1) is 15.0. The van der Waals surface area contributed by atoms with Gasteiger partial charge in [0.05, 0.1) is 5.03 Å². The van der Waals surface area contributed by atoms with Crippen molar-refractivity contribution in [3.63, 3.8) is 0 Å². The Morgan fingerprint density at radius 3 is 2.31 bits per heavy atom. The molecule has 0 spiro atoms. The predicted octanol–water partition coefficient (Wildman–Crippen LogP) is 4.82. The number of hydrogen-bond donors (Lipinski definition) is 0. The number of hydrogen-bond acceptors (Lipinski definition) is 1. The summed E-state index contributed by atoms with van der Waals surface area (Å²) in [6.07, 6.45) is 3.79. The quantitative estimate of drug-likeness (QED) is 0.368. The Morgan fingerprint density at radius 1 is 1.44 bits per heavy atom. The molecule has 0 heterocycles. The van der Waals surface area contributed by atoms with Crippen LogP contribution >= 0.6 is 11.6 Å². The van der Waals surface area contributed by atoms with Gasteiger partial charge in [0.1, 0.15) is 12.4 Å². The summed E-state index contributed by atoms with van der Waals surface area (Å²) in [7, 11) is 0. The number of allylic oxidation sites excluding steroid dienone is 4. The van der Waals surface area contributed by atoms with Crippen LogP contribution in [0.5, 0.6) is 0 Å². The van der Waals surface area contributed by atoms with Crippen LogP contribution in [0.3, 0.4) is 0 Å². The van der Waals surface area contributed by atoms with Crippen molar-refractivity contribution >= 4 is 11.6 Å². The van der Waals surface area contributed by atoms with Crippen LogP contribution < -0.4 is 0 Å². The van der Waals surface area contributed by atoms with Gasteiger partial charge >= 0.3 is 0 Å². The van der Waals surface area contributed by atoms with Gasteiger partial charge in [-0.05, 0) is 30.9 Å². The largest absolute Gasteiger partial charge is 0.487 e. The van der Waals surface area contributed by atoms with Crippen LogP contribution in [0.2, 0.25) is 0 Å². The van der Waals surface area contributed by atoms with Crippen molar-refractivity contribution < 1.29 is 4.74 Å². The van der Waals surface area contributed by atoms with Crippen LogP contribution in [-0.2, 0) is 4.74 Å². The molecule has 90 valence electrons. The molecule has 0 bridgehead atoms. The van der Waals surface area contributed by atoms with Crippen LogP contribution in [0, 0.1) is 5.92 Å². The van der Waals surface area contributed by atoms with Gasteiger partial charge in [-0.15, -0.1) is 0 Å². The van der Waals surface area contributed by atoms with Gasteiger partial charge in [-0.25, -0.2) is 0 Å². The van der Waals surface area contributed by atoms with Crippen LogP contribution in [0.15, 0.2) is 47.2 Å². The minimum absolute atomic E-state index is 0.414. The highest BCUT2D eigenvalue weighted by atomic mass is 35.5. The Hall–Kier alpha value is -0.950. The Balaban J connectivity index is 4.70. The molecule has 0 aromatic heterocycles. The summed E-state index contributed by atoms with van der Waals surface area (Å²) in [4.78, 5) is 0. The van der Waals surface area contributed by atoms with Crippen molar-refractivity contribution in [2.45, 2.75) is 27.7 Å². The Morgan fingerprint density at radius 2 is 2.00 bits per heavy atom. The molecule has 0 rings (SSSR count). The third-order valence-corrected chi connectivity index (χ3v) is 2.58. The second kappa shape index (κ2) is 7.34. The summed E-state index contributed by atoms with van der Waals surface area (Å²) < 4.78 is 5.68. The van der Waals surface area contributed by atoms with Gasteiger partial charge in [-0.2, -0.15) is 0 Å². The lowest BCUT2D eigenvalue weighted by Gasteiger charge is -2.15. The van der Waals surface area contributed by atoms with E-state index in [0.717, 1.165) is 5.57 Å². The van der Waals surface area contributed by atoms with E-state index in [4.69, 9.17) is 16.3 Å². The molecule has 0 aliphatic carbocycles. The molecule has 1 nitrogen and oxygen atoms in total. The predicted molar refractivity (Wildman–Crippen MR) is 72.4 cm³/mol. The second-order valence-electron chi connectivity index (χ2n) is 3.93. The summed E-state index contributed by atoms with van der Waals surface area (Å²) >= 11 is 5.88. The fourth-order valence-electron chi connectivity index (χ4n) is 1.24. The third kappa shape index (κ3) is 4.71. The molecule has 0 atom stereocenters. The zero-order valence-corrected chi connectivity index (χ0v) is 11.4. The lowest BCUT2D eigenvalue weighted by molar-refractivity contribution is 0.240. The summed E-state index contributed by atoms with van der Waals surface area (Å²) in [6, 6.07) is 0. The smallest absolute Gasteiger partial charge is 0.140 e. The van der Waals surface area contributed by atoms with Gasteiger partial charge in [0.15, 0.2) is 0 Å². The van der Waals surface area contributed by atoms with Crippen molar-refractivity contribution in [2.24, 2.45) is 5.92 Å². The minimum Gasteiger partial charge on any atom is -0.487 e. The van der Waals surface area contributed by atoms with Gasteiger partial charge in [0.25, 0.3) is 0 Å². The second-order valence-corrected chi connectivity index (χ2v) is 4.38. The Kier molecular flexibility index (Phi) is 6.91. The maximum atomic E-state index is 5.88. The van der Waals surface area contributed by atoms with Crippen molar-refractivity contribution in [1.82, 2.24) is 0 Å². The first-order chi connectivity index (χ1) is 7.43. The summed E-state index contributed by atoms with van der Waals surface area (Å²) in [6.45, 7) is 16.1. The highest BCUT2D eigenvalue weighted by Crippen LogP contribution is 2.21. The molecule has 0 aliphatic heterocycles. The normalized spacial score (nSPS) is 13.5. The Labute approximate surface area is 104 Å². The van der Waals surface area contributed by atoms with E-state index in [0.29, 0.717) is 23.3 Å². The van der Waals surface area contributed by atoms with Gasteiger partial charge in [0.2, 0.25) is 0 Å². The summed E-state index contributed by atoms with van der Waals surface area (Å²) in [5, 5.41) is 0.414. The fourth-order valence-corrected chi connectivity index (χ4v) is 1.44. The number of rotatable bonds is 6. The number of ether oxygens (including phenoxy) is 1. The van der Waals surface area contributed by atoms with Crippen LogP contribution in [-0.4, -0.2) is 6.61 Å². The van der Waals surface area contributed by atoms with Crippen LogP contribution in [0.1, 0.15) is 27.7 Å². The topological polar surface area (TPSA) is 9.23 Å². The minimum atomic E-state index is 0.414. The van der Waals surface area contributed by atoms with Gasteiger partial charge < -0.3 is 4.74 Å². The average molecular weight is 241 g/mol. The maximum Gasteiger partial charge on any atom is 0.140 e. The van der Waals surface area contributed by atoms with Crippen molar-refractivity contribution in [3.05, 3.63) is 47.2 Å². The SMILES string of the molecule is C=C/C(C)=C(/OC/C(=C\C)C(C)C)C(=C)Cl. The third-order valence-electron chi connectivity index (χ3n) is 2.41. The first-order valence-electron chi connectivity index (χ1n) is 5.40. The molecule has 0 unspecified atom stereocenters. The van der Waals surface area contributed by atoms with Crippen LogP contribution in [0.25, 0.3) is 0 Å². The lowest BCUT2D eigenvalue weighted by Crippen LogP contribution is -2.05. The molecule has 2 heteroatoms. The summed E-state index contributed by atoms with van der Waals surface area (Å²) in [5.74, 6) is 1.09. The molecular formula is C14H21ClO. The molecule has 0 amide bonds. The van der Waals surface area contributed by atoms with Gasteiger partial charge in [0, 0.05) is 0 Å². The van der Waals surface area contributed by atoms with Crippen molar-refractivity contribution in [3.8, 4) is 0 Å². The molecule has 0 radical (unpaired) electrons. The molecule has 16 heavy (non-hydrogen) atoms. The van der Waals surface area contributed by atoms with E-state index in [2.05, 4.69) is 33.1 Å². The molecule has 0 aliphatic rings. The zero-order chi connectivity index (χ0) is 12.7. The zero-order valence-electron chi connectivity index (χ0n) is 10.6. The lowest BCUT2D eigenvalue weighted by atomic mass is 10.0. The van der Waals surface area contributed by atoms with Crippen LogP contribution in [0.4, 0.5) is 0 Å². The van der Waals surface area contributed by atoms with Crippen molar-refractivity contribution in [1.29, 1.82) is 0 Å². The van der Waals surface area contributed by atoms with Gasteiger partial charge in [-0.3, -0.25) is 0 Å². The monoisotopic (exact) mass is 240 g/mol. The van der Waals surface area contributed by atoms with E-state index in [1.807, 2.05) is 13.8 Å². The van der Waals surface area contributed by atoms with E-state index >= 15 is 0 Å². The standard InChI is InChI=1S/C14H21ClO/c1-7-11(5)14(12(6)15)16-9-13(8-2)10(3)4/h7-8,10H,1,6,9H2,2-5H3/b13-8+,14-11+. The maximum absolute atomic E-state index is 5.88. The molecule has 0 fully saturated rings. The van der Waals surface area contributed by atoms with Crippen molar-refractivity contribution in [2.75, 3.05) is 6.61 Å². The Bertz CT molecular complexity index is 322. The molecular weight excluding hydrogens is 220 g/mol.